The molecule has 0 atom stereocenters. The van der Waals surface area contributed by atoms with Crippen LogP contribution in [0.25, 0.3) is 0 Å². The van der Waals surface area contributed by atoms with Gasteiger partial charge in [0.05, 0.1) is 16.7 Å². The summed E-state index contributed by atoms with van der Waals surface area (Å²) in [5.74, 6) is -1.75. The van der Waals surface area contributed by atoms with Crippen LogP contribution in [-0.2, 0) is 14.3 Å². The molecule has 3 amide bonds. The average Bonchev–Trinajstić information content (AvgIpc) is 2.66. The predicted octanol–water partition coefficient (Wildman–Crippen LogP) is 2.63. The predicted molar refractivity (Wildman–Crippen MR) is 106 cm³/mol. The summed E-state index contributed by atoms with van der Waals surface area (Å²) < 4.78 is 5.15. The molecule has 3 rings (SSSR count). The van der Waals surface area contributed by atoms with Gasteiger partial charge >= 0.3 is 11.8 Å². The van der Waals surface area contributed by atoms with E-state index in [4.69, 9.17) is 16.3 Å². The second-order valence-electron chi connectivity index (χ2n) is 7.46. The molecule has 0 heterocycles. The molecule has 2 fully saturated rings. The summed E-state index contributed by atoms with van der Waals surface area (Å²) >= 11 is 6.17. The van der Waals surface area contributed by atoms with Gasteiger partial charge in [0.1, 0.15) is 0 Å². The molecule has 2 aliphatic rings. The van der Waals surface area contributed by atoms with Crippen molar-refractivity contribution >= 4 is 35.0 Å². The van der Waals surface area contributed by atoms with Gasteiger partial charge in [-0.1, -0.05) is 30.9 Å². The summed E-state index contributed by atoms with van der Waals surface area (Å²) in [6, 6.07) is 4.70. The fourth-order valence-electron chi connectivity index (χ4n) is 3.60. The number of methoxy groups -OCH3 is 1. The molecule has 0 aromatic heterocycles. The van der Waals surface area contributed by atoms with Crippen molar-refractivity contribution in [1.82, 2.24) is 10.6 Å². The maximum Gasteiger partial charge on any atom is 0.313 e. The van der Waals surface area contributed by atoms with Gasteiger partial charge in [0.2, 0.25) is 0 Å². The van der Waals surface area contributed by atoms with Crippen molar-refractivity contribution in [2.45, 2.75) is 63.1 Å². The van der Waals surface area contributed by atoms with E-state index in [2.05, 4.69) is 16.0 Å². The Labute approximate surface area is 169 Å². The van der Waals surface area contributed by atoms with E-state index in [1.165, 1.54) is 12.5 Å². The van der Waals surface area contributed by atoms with E-state index < -0.39 is 11.8 Å². The van der Waals surface area contributed by atoms with Gasteiger partial charge in [-0.25, -0.2) is 0 Å². The second-order valence-corrected chi connectivity index (χ2v) is 7.86. The van der Waals surface area contributed by atoms with Gasteiger partial charge in [-0.15, -0.1) is 0 Å². The normalized spacial score (nSPS) is 22.1. The molecule has 1 aromatic carbocycles. The van der Waals surface area contributed by atoms with E-state index in [1.807, 2.05) is 0 Å². The fraction of sp³-hybridized carbons (Fsp3) is 0.550. The van der Waals surface area contributed by atoms with Crippen LogP contribution in [-0.4, -0.2) is 43.0 Å². The lowest BCUT2D eigenvalue weighted by molar-refractivity contribution is -0.137. The zero-order chi connectivity index (χ0) is 20.1. The van der Waals surface area contributed by atoms with Crippen LogP contribution < -0.4 is 16.0 Å². The van der Waals surface area contributed by atoms with Crippen molar-refractivity contribution in [3.05, 3.63) is 28.8 Å². The minimum absolute atomic E-state index is 0.0507. The molecule has 0 radical (unpaired) electrons. The Morgan fingerprint density at radius 3 is 2.39 bits per heavy atom. The van der Waals surface area contributed by atoms with E-state index in [9.17, 15) is 14.4 Å². The van der Waals surface area contributed by atoms with E-state index in [1.54, 1.807) is 19.2 Å². The topological polar surface area (TPSA) is 96.5 Å². The number of nitrogens with one attached hydrogen (secondary N) is 3. The summed E-state index contributed by atoms with van der Waals surface area (Å²) in [5, 5.41) is 8.50. The smallest absolute Gasteiger partial charge is 0.313 e. The lowest BCUT2D eigenvalue weighted by Crippen LogP contribution is -2.50. The first-order valence-electron chi connectivity index (χ1n) is 9.71. The minimum Gasteiger partial charge on any atom is -0.381 e. The molecule has 8 heteroatoms. The van der Waals surface area contributed by atoms with Gasteiger partial charge in [-0.2, -0.15) is 0 Å². The van der Waals surface area contributed by atoms with Gasteiger partial charge in [0.25, 0.3) is 5.91 Å². The Hall–Kier alpha value is -2.12. The Morgan fingerprint density at radius 2 is 1.71 bits per heavy atom. The third-order valence-corrected chi connectivity index (χ3v) is 5.71. The van der Waals surface area contributed by atoms with Crippen molar-refractivity contribution in [3.8, 4) is 0 Å². The first-order chi connectivity index (χ1) is 13.5. The highest BCUT2D eigenvalue weighted by molar-refractivity contribution is 6.40. The molecular formula is C20H26ClN3O4. The van der Waals surface area contributed by atoms with Crippen molar-refractivity contribution in [2.75, 3.05) is 12.4 Å². The molecule has 0 aliphatic heterocycles. The maximum atomic E-state index is 12.6. The zero-order valence-corrected chi connectivity index (χ0v) is 16.7. The SMILES string of the molecule is COC1CC(NC(=O)C(=O)Nc2ccc(Cl)c(C(=O)NC3CCCCC3)c2)C1. The van der Waals surface area contributed by atoms with Crippen LogP contribution in [0.3, 0.4) is 0 Å². The van der Waals surface area contributed by atoms with Crippen molar-refractivity contribution in [3.63, 3.8) is 0 Å². The lowest BCUT2D eigenvalue weighted by Gasteiger charge is -2.34. The Morgan fingerprint density at radius 1 is 1.00 bits per heavy atom. The van der Waals surface area contributed by atoms with Gasteiger partial charge in [0, 0.05) is 24.9 Å². The van der Waals surface area contributed by atoms with Crippen LogP contribution in [0.2, 0.25) is 5.02 Å². The number of carbonyl (C=O) groups excluding carboxylic acids is 3. The van der Waals surface area contributed by atoms with Crippen LogP contribution in [0.5, 0.6) is 0 Å². The molecule has 152 valence electrons. The number of ether oxygens (including phenoxy) is 1. The van der Waals surface area contributed by atoms with Gasteiger partial charge in [-0.05, 0) is 43.9 Å². The van der Waals surface area contributed by atoms with Crippen molar-refractivity contribution in [1.29, 1.82) is 0 Å². The monoisotopic (exact) mass is 407 g/mol. The van der Waals surface area contributed by atoms with E-state index >= 15 is 0 Å². The third-order valence-electron chi connectivity index (χ3n) is 5.38. The number of benzene rings is 1. The molecule has 7 nitrogen and oxygen atoms in total. The van der Waals surface area contributed by atoms with Crippen molar-refractivity contribution < 1.29 is 19.1 Å². The maximum absolute atomic E-state index is 12.6. The van der Waals surface area contributed by atoms with E-state index in [0.717, 1.165) is 25.7 Å². The summed E-state index contributed by atoms with van der Waals surface area (Å²) in [5.41, 5.74) is 0.633. The molecular weight excluding hydrogens is 382 g/mol. The van der Waals surface area contributed by atoms with Gasteiger partial charge in [0.15, 0.2) is 0 Å². The molecule has 2 saturated carbocycles. The van der Waals surface area contributed by atoms with Gasteiger partial charge in [-0.3, -0.25) is 14.4 Å². The molecule has 28 heavy (non-hydrogen) atoms. The zero-order valence-electron chi connectivity index (χ0n) is 15.9. The van der Waals surface area contributed by atoms with Crippen LogP contribution in [0, 0.1) is 0 Å². The van der Waals surface area contributed by atoms with E-state index in [-0.39, 0.29) is 29.7 Å². The highest BCUT2D eigenvalue weighted by Crippen LogP contribution is 2.24. The molecule has 0 saturated heterocycles. The molecule has 2 aliphatic carbocycles. The first-order valence-corrected chi connectivity index (χ1v) is 10.1. The third kappa shape index (κ3) is 5.23. The summed E-state index contributed by atoms with van der Waals surface area (Å²) in [7, 11) is 1.62. The number of hydrogen-bond acceptors (Lipinski definition) is 4. The number of amides is 3. The standard InChI is InChI=1S/C20H26ClN3O4/c1-28-15-9-14(10-15)24-20(27)19(26)23-13-7-8-17(21)16(11-13)18(25)22-12-5-3-2-4-6-12/h7-8,11-12,14-15H,2-6,9-10H2,1H3,(H,22,25)(H,23,26)(H,24,27). The minimum atomic E-state index is -0.776. The van der Waals surface area contributed by atoms with Crippen LogP contribution in [0.4, 0.5) is 5.69 Å². The quantitative estimate of drug-likeness (QED) is 0.653. The second kappa shape index (κ2) is 9.39. The van der Waals surface area contributed by atoms with Crippen LogP contribution in [0.15, 0.2) is 18.2 Å². The number of hydrogen-bond donors (Lipinski definition) is 3. The number of carbonyl (C=O) groups is 3. The fourth-order valence-corrected chi connectivity index (χ4v) is 3.81. The Bertz CT molecular complexity index is 743. The summed E-state index contributed by atoms with van der Waals surface area (Å²) in [6.45, 7) is 0. The molecule has 0 unspecified atom stereocenters. The number of halogens is 1. The van der Waals surface area contributed by atoms with Gasteiger partial charge < -0.3 is 20.7 Å². The molecule has 1 aromatic rings. The molecule has 0 bridgehead atoms. The average molecular weight is 408 g/mol. The van der Waals surface area contributed by atoms with Crippen LogP contribution in [0.1, 0.15) is 55.3 Å². The van der Waals surface area contributed by atoms with E-state index in [0.29, 0.717) is 23.6 Å². The molecule has 0 spiro atoms. The summed E-state index contributed by atoms with van der Waals surface area (Å²) in [4.78, 5) is 36.7. The number of rotatable bonds is 5. The highest BCUT2D eigenvalue weighted by Gasteiger charge is 2.31. The largest absolute Gasteiger partial charge is 0.381 e. The lowest BCUT2D eigenvalue weighted by atomic mass is 9.89. The molecule has 3 N–H and O–H groups in total. The Kier molecular flexibility index (Phi) is 6.91. The van der Waals surface area contributed by atoms with Crippen LogP contribution >= 0.6 is 11.6 Å². The van der Waals surface area contributed by atoms with Crippen molar-refractivity contribution in [2.24, 2.45) is 0 Å². The Balaban J connectivity index is 1.56. The first kappa shape index (κ1) is 20.6. The number of anilines is 1. The summed E-state index contributed by atoms with van der Waals surface area (Å²) in [6.07, 6.45) is 6.87. The highest BCUT2D eigenvalue weighted by atomic mass is 35.5.